The number of pyridine rings is 2. The summed E-state index contributed by atoms with van der Waals surface area (Å²) < 4.78 is 19.3. The van der Waals surface area contributed by atoms with Gasteiger partial charge in [-0.05, 0) is 80.8 Å². The van der Waals surface area contributed by atoms with E-state index in [1.54, 1.807) is 29.4 Å². The second kappa shape index (κ2) is 9.40. The molecule has 2 aromatic heterocycles. The molecule has 3 aromatic rings. The molecule has 170 valence electrons. The van der Waals surface area contributed by atoms with Crippen molar-refractivity contribution in [3.05, 3.63) is 78.4 Å². The van der Waals surface area contributed by atoms with E-state index >= 15 is 0 Å². The highest BCUT2D eigenvalue weighted by Crippen LogP contribution is 2.29. The van der Waals surface area contributed by atoms with Crippen molar-refractivity contribution in [3.63, 3.8) is 0 Å². The number of aromatic nitrogens is 2. The van der Waals surface area contributed by atoms with Crippen LogP contribution in [-0.2, 0) is 4.74 Å². The summed E-state index contributed by atoms with van der Waals surface area (Å²) >= 11 is 0. The lowest BCUT2D eigenvalue weighted by Crippen LogP contribution is -2.39. The van der Waals surface area contributed by atoms with Crippen LogP contribution >= 0.6 is 0 Å². The van der Waals surface area contributed by atoms with Crippen molar-refractivity contribution >= 4 is 23.2 Å². The van der Waals surface area contributed by atoms with Gasteiger partial charge in [0, 0.05) is 36.7 Å². The molecule has 4 rings (SSSR count). The highest BCUT2D eigenvalue weighted by atomic mass is 19.1. The fraction of sp³-hybridized carbons (Fsp3) is 0.269. The number of nitrogens with one attached hydrogen (secondary N) is 1. The summed E-state index contributed by atoms with van der Waals surface area (Å²) in [6.45, 7) is 6.62. The maximum absolute atomic E-state index is 13.7. The van der Waals surface area contributed by atoms with Gasteiger partial charge in [0.05, 0.1) is 5.69 Å². The highest BCUT2D eigenvalue weighted by Gasteiger charge is 2.25. The summed E-state index contributed by atoms with van der Waals surface area (Å²) in [7, 11) is 0. The molecule has 0 atom stereocenters. The molecule has 0 spiro atoms. The van der Waals surface area contributed by atoms with E-state index in [2.05, 4.69) is 16.4 Å². The number of ether oxygens (including phenoxy) is 1. The number of anilines is 2. The molecule has 33 heavy (non-hydrogen) atoms. The third kappa shape index (κ3) is 5.94. The Hall–Kier alpha value is -3.74. The van der Waals surface area contributed by atoms with Crippen molar-refractivity contribution in [1.29, 1.82) is 0 Å². The van der Waals surface area contributed by atoms with Crippen LogP contribution in [0.1, 0.15) is 32.8 Å². The molecule has 6 nitrogen and oxygen atoms in total. The zero-order valence-corrected chi connectivity index (χ0v) is 19.0. The summed E-state index contributed by atoms with van der Waals surface area (Å²) in [5, 5.41) is 3.20. The summed E-state index contributed by atoms with van der Waals surface area (Å²) in [6.07, 6.45) is 6.00. The number of nitrogens with zero attached hydrogens (tertiary/aromatic N) is 3. The number of carbonyl (C=O) groups is 1. The van der Waals surface area contributed by atoms with Crippen molar-refractivity contribution in [2.45, 2.75) is 32.8 Å². The van der Waals surface area contributed by atoms with Crippen molar-refractivity contribution in [2.24, 2.45) is 0 Å². The zero-order valence-electron chi connectivity index (χ0n) is 19.0. The Kier molecular flexibility index (Phi) is 6.40. The van der Waals surface area contributed by atoms with E-state index in [9.17, 15) is 9.18 Å². The molecule has 0 saturated carbocycles. The number of rotatable bonds is 4. The van der Waals surface area contributed by atoms with Crippen molar-refractivity contribution in [3.8, 4) is 11.3 Å². The number of hydrogen-bond donors (Lipinski definition) is 1. The van der Waals surface area contributed by atoms with Gasteiger partial charge in [0.2, 0.25) is 0 Å². The van der Waals surface area contributed by atoms with E-state index in [0.29, 0.717) is 24.6 Å². The first-order valence-electron chi connectivity index (χ1n) is 10.9. The van der Waals surface area contributed by atoms with Gasteiger partial charge in [-0.15, -0.1) is 0 Å². The predicted octanol–water partition coefficient (Wildman–Crippen LogP) is 6.05. The third-order valence-electron chi connectivity index (χ3n) is 5.05. The van der Waals surface area contributed by atoms with Crippen LogP contribution in [0.3, 0.4) is 0 Å². The zero-order chi connectivity index (χ0) is 23.4. The molecule has 0 aliphatic carbocycles. The van der Waals surface area contributed by atoms with E-state index < -0.39 is 5.60 Å². The predicted molar refractivity (Wildman–Crippen MR) is 128 cm³/mol. The van der Waals surface area contributed by atoms with Crippen LogP contribution in [0, 0.1) is 5.82 Å². The minimum absolute atomic E-state index is 0.326. The van der Waals surface area contributed by atoms with Gasteiger partial charge in [0.15, 0.2) is 0 Å². The first kappa shape index (κ1) is 22.5. The summed E-state index contributed by atoms with van der Waals surface area (Å²) in [5.74, 6) is 0.249. The first-order chi connectivity index (χ1) is 15.8. The number of halogens is 1. The molecule has 0 unspecified atom stereocenters. The second-order valence-corrected chi connectivity index (χ2v) is 8.92. The van der Waals surface area contributed by atoms with E-state index in [1.807, 2.05) is 45.0 Å². The third-order valence-corrected chi connectivity index (χ3v) is 5.05. The SMILES string of the molecule is CC(C)(C)OC(=O)N1CCC=C(c2cc(Nc3cccc(F)c3)nc(-c3cccnc3)c2)C1. The number of hydrogen-bond acceptors (Lipinski definition) is 5. The minimum atomic E-state index is -0.551. The molecule has 0 saturated heterocycles. The average molecular weight is 447 g/mol. The molecular weight excluding hydrogens is 419 g/mol. The van der Waals surface area contributed by atoms with Crippen LogP contribution in [-0.4, -0.2) is 39.7 Å². The van der Waals surface area contributed by atoms with E-state index in [-0.39, 0.29) is 11.9 Å². The van der Waals surface area contributed by atoms with Gasteiger partial charge in [0.1, 0.15) is 17.2 Å². The fourth-order valence-corrected chi connectivity index (χ4v) is 3.59. The van der Waals surface area contributed by atoms with Crippen LogP contribution in [0.2, 0.25) is 0 Å². The molecule has 1 aliphatic rings. The van der Waals surface area contributed by atoms with Gasteiger partial charge >= 0.3 is 6.09 Å². The first-order valence-corrected chi connectivity index (χ1v) is 10.9. The minimum Gasteiger partial charge on any atom is -0.444 e. The lowest BCUT2D eigenvalue weighted by Gasteiger charge is -2.30. The Bertz CT molecular complexity index is 1170. The van der Waals surface area contributed by atoms with Crippen LogP contribution in [0.25, 0.3) is 16.8 Å². The van der Waals surface area contributed by atoms with Crippen LogP contribution < -0.4 is 5.32 Å². The molecule has 1 aliphatic heterocycles. The largest absolute Gasteiger partial charge is 0.444 e. The van der Waals surface area contributed by atoms with Crippen molar-refractivity contribution < 1.29 is 13.9 Å². The number of benzene rings is 1. The molecule has 0 radical (unpaired) electrons. The molecule has 3 heterocycles. The van der Waals surface area contributed by atoms with Crippen molar-refractivity contribution in [1.82, 2.24) is 14.9 Å². The maximum atomic E-state index is 13.7. The summed E-state index contributed by atoms with van der Waals surface area (Å²) in [5.41, 5.74) is 3.57. The fourth-order valence-electron chi connectivity index (χ4n) is 3.59. The summed E-state index contributed by atoms with van der Waals surface area (Å²) in [4.78, 5) is 23.3. The van der Waals surface area contributed by atoms with Gasteiger partial charge in [-0.2, -0.15) is 0 Å². The Morgan fingerprint density at radius 2 is 1.97 bits per heavy atom. The quantitative estimate of drug-likeness (QED) is 0.528. The number of carbonyl (C=O) groups excluding carboxylic acids is 1. The van der Waals surface area contributed by atoms with Gasteiger partial charge in [0.25, 0.3) is 0 Å². The summed E-state index contributed by atoms with van der Waals surface area (Å²) in [6, 6.07) is 13.9. The Labute approximate surface area is 193 Å². The molecule has 0 fully saturated rings. The van der Waals surface area contributed by atoms with E-state index in [0.717, 1.165) is 28.8 Å². The topological polar surface area (TPSA) is 67.3 Å². The molecular formula is C26H27FN4O2. The van der Waals surface area contributed by atoms with E-state index in [1.165, 1.54) is 12.1 Å². The van der Waals surface area contributed by atoms with Gasteiger partial charge in [-0.25, -0.2) is 14.2 Å². The Morgan fingerprint density at radius 3 is 2.70 bits per heavy atom. The molecule has 0 bridgehead atoms. The lowest BCUT2D eigenvalue weighted by molar-refractivity contribution is 0.0273. The lowest BCUT2D eigenvalue weighted by atomic mass is 10.00. The van der Waals surface area contributed by atoms with Gasteiger partial charge < -0.3 is 15.0 Å². The van der Waals surface area contributed by atoms with Crippen molar-refractivity contribution in [2.75, 3.05) is 18.4 Å². The maximum Gasteiger partial charge on any atom is 0.410 e. The monoisotopic (exact) mass is 446 g/mol. The molecule has 1 amide bonds. The number of amides is 1. The van der Waals surface area contributed by atoms with Crippen LogP contribution in [0.4, 0.5) is 20.7 Å². The van der Waals surface area contributed by atoms with Crippen LogP contribution in [0.15, 0.2) is 67.0 Å². The Balaban J connectivity index is 1.66. The van der Waals surface area contributed by atoms with Crippen LogP contribution in [0.5, 0.6) is 0 Å². The second-order valence-electron chi connectivity index (χ2n) is 8.92. The molecule has 1 aromatic carbocycles. The Morgan fingerprint density at radius 1 is 1.12 bits per heavy atom. The molecule has 7 heteroatoms. The van der Waals surface area contributed by atoms with Gasteiger partial charge in [-0.3, -0.25) is 4.98 Å². The average Bonchev–Trinajstić information content (AvgIpc) is 2.78. The van der Waals surface area contributed by atoms with E-state index in [4.69, 9.17) is 9.72 Å². The van der Waals surface area contributed by atoms with Gasteiger partial charge in [-0.1, -0.05) is 12.1 Å². The highest BCUT2D eigenvalue weighted by molar-refractivity contribution is 5.79. The standard InChI is InChI=1S/C26H27FN4O2/c1-26(2,3)33-25(32)31-12-6-8-19(17-31)20-13-23(18-7-5-11-28-16-18)30-24(14-20)29-22-10-4-9-21(27)15-22/h4-5,7-11,13-16H,6,12,17H2,1-3H3,(H,29,30). The smallest absolute Gasteiger partial charge is 0.410 e. The molecule has 1 N–H and O–H groups in total. The normalized spacial score (nSPS) is 13.9.